The minimum absolute atomic E-state index is 0.0277. The van der Waals surface area contributed by atoms with Crippen molar-refractivity contribution in [3.63, 3.8) is 0 Å². The van der Waals surface area contributed by atoms with Gasteiger partial charge in [-0.15, -0.1) is 0 Å². The van der Waals surface area contributed by atoms with Crippen molar-refractivity contribution in [1.29, 1.82) is 0 Å². The topological polar surface area (TPSA) is 139 Å². The fraction of sp³-hybridized carbons (Fsp3) is 0.789. The van der Waals surface area contributed by atoms with Gasteiger partial charge in [0.1, 0.15) is 6.61 Å². The monoisotopic (exact) mass is 412 g/mol. The van der Waals surface area contributed by atoms with Crippen LogP contribution in [0.3, 0.4) is 0 Å². The van der Waals surface area contributed by atoms with Gasteiger partial charge < -0.3 is 20.4 Å². The number of nitrogens with one attached hydrogen (secondary N) is 2. The van der Waals surface area contributed by atoms with Gasteiger partial charge in [-0.1, -0.05) is 0 Å². The fourth-order valence-corrected chi connectivity index (χ4v) is 3.88. The standard InChI is InChI=1S/C19H32N4O6/c24-13-17(26)23(21-10-7-18(27)28)19(29)15-2-1-11-22(12-15)16(25)4-3-14-5-8-20-9-6-14/h14-15,20-21,24H,1-13H2,(H,27,28)/t15-/m1/s1. The number of carbonyl (C=O) groups excluding carboxylic acids is 3. The van der Waals surface area contributed by atoms with Gasteiger partial charge in [-0.3, -0.25) is 19.2 Å². The summed E-state index contributed by atoms with van der Waals surface area (Å²) in [5.41, 5.74) is 2.50. The minimum atomic E-state index is -1.07. The van der Waals surface area contributed by atoms with Gasteiger partial charge in [0.25, 0.3) is 5.91 Å². The predicted octanol–water partition coefficient (Wildman–Crippen LogP) is -0.668. The lowest BCUT2D eigenvalue weighted by Crippen LogP contribution is -2.54. The number of hydrogen-bond donors (Lipinski definition) is 4. The number of nitrogens with zero attached hydrogens (tertiary/aromatic N) is 2. The molecule has 0 bridgehead atoms. The molecule has 2 heterocycles. The van der Waals surface area contributed by atoms with E-state index in [9.17, 15) is 19.2 Å². The Kier molecular flexibility index (Phi) is 9.49. The minimum Gasteiger partial charge on any atom is -0.481 e. The smallest absolute Gasteiger partial charge is 0.304 e. The molecule has 1 atom stereocenters. The average molecular weight is 412 g/mol. The van der Waals surface area contributed by atoms with Crippen molar-refractivity contribution in [2.45, 2.75) is 44.9 Å². The third-order valence-electron chi connectivity index (χ3n) is 5.56. The van der Waals surface area contributed by atoms with Crippen LogP contribution in [0.15, 0.2) is 0 Å². The zero-order valence-electron chi connectivity index (χ0n) is 16.8. The van der Waals surface area contributed by atoms with Crippen LogP contribution in [-0.4, -0.2) is 83.1 Å². The summed E-state index contributed by atoms with van der Waals surface area (Å²) in [6, 6.07) is 0. The van der Waals surface area contributed by atoms with Gasteiger partial charge in [0, 0.05) is 26.1 Å². The van der Waals surface area contributed by atoms with E-state index in [-0.39, 0.29) is 25.4 Å². The molecule has 2 fully saturated rings. The largest absolute Gasteiger partial charge is 0.481 e. The molecule has 2 saturated heterocycles. The first-order valence-corrected chi connectivity index (χ1v) is 10.3. The lowest BCUT2D eigenvalue weighted by atomic mass is 9.92. The molecule has 2 aliphatic heterocycles. The summed E-state index contributed by atoms with van der Waals surface area (Å²) in [5, 5.41) is 21.9. The summed E-state index contributed by atoms with van der Waals surface area (Å²) < 4.78 is 0. The van der Waals surface area contributed by atoms with Crippen LogP contribution in [-0.2, 0) is 19.2 Å². The maximum Gasteiger partial charge on any atom is 0.304 e. The van der Waals surface area contributed by atoms with E-state index in [4.69, 9.17) is 10.2 Å². The molecule has 2 aliphatic rings. The van der Waals surface area contributed by atoms with Gasteiger partial charge in [-0.2, -0.15) is 0 Å². The molecular weight excluding hydrogens is 380 g/mol. The van der Waals surface area contributed by atoms with Crippen LogP contribution in [0.1, 0.15) is 44.9 Å². The summed E-state index contributed by atoms with van der Waals surface area (Å²) in [4.78, 5) is 49.7. The highest BCUT2D eigenvalue weighted by atomic mass is 16.4. The Hall–Kier alpha value is -2.04. The number of aliphatic hydroxyl groups excluding tert-OH is 1. The summed E-state index contributed by atoms with van der Waals surface area (Å²) in [7, 11) is 0. The van der Waals surface area contributed by atoms with Crippen LogP contribution in [0.2, 0.25) is 0 Å². The molecule has 3 amide bonds. The first-order chi connectivity index (χ1) is 13.9. The van der Waals surface area contributed by atoms with Crippen LogP contribution >= 0.6 is 0 Å². The average Bonchev–Trinajstić information content (AvgIpc) is 2.74. The van der Waals surface area contributed by atoms with Gasteiger partial charge in [-0.05, 0) is 51.1 Å². The van der Waals surface area contributed by atoms with E-state index in [1.807, 2.05) is 0 Å². The van der Waals surface area contributed by atoms with E-state index in [2.05, 4.69) is 10.7 Å². The highest BCUT2D eigenvalue weighted by molar-refractivity contribution is 5.96. The Morgan fingerprint density at radius 3 is 2.48 bits per heavy atom. The molecule has 0 saturated carbocycles. The molecule has 0 aromatic carbocycles. The van der Waals surface area contributed by atoms with E-state index in [1.54, 1.807) is 4.90 Å². The van der Waals surface area contributed by atoms with Gasteiger partial charge in [-0.25, -0.2) is 10.4 Å². The zero-order valence-corrected chi connectivity index (χ0v) is 16.8. The van der Waals surface area contributed by atoms with Crippen molar-refractivity contribution in [3.05, 3.63) is 0 Å². The van der Waals surface area contributed by atoms with Gasteiger partial charge in [0.15, 0.2) is 0 Å². The summed E-state index contributed by atoms with van der Waals surface area (Å²) >= 11 is 0. The molecule has 10 nitrogen and oxygen atoms in total. The van der Waals surface area contributed by atoms with Crippen molar-refractivity contribution in [2.75, 3.05) is 39.3 Å². The van der Waals surface area contributed by atoms with Crippen molar-refractivity contribution in [3.8, 4) is 0 Å². The second-order valence-electron chi connectivity index (χ2n) is 7.69. The Morgan fingerprint density at radius 1 is 1.10 bits per heavy atom. The van der Waals surface area contributed by atoms with Crippen LogP contribution < -0.4 is 10.7 Å². The van der Waals surface area contributed by atoms with Crippen molar-refractivity contribution in [2.24, 2.45) is 11.8 Å². The molecule has 4 N–H and O–H groups in total. The van der Waals surface area contributed by atoms with E-state index >= 15 is 0 Å². The first kappa shape index (κ1) is 23.2. The van der Waals surface area contributed by atoms with E-state index in [0.29, 0.717) is 36.7 Å². The molecule has 0 aromatic heterocycles. The second kappa shape index (κ2) is 11.8. The molecular formula is C19H32N4O6. The molecule has 164 valence electrons. The van der Waals surface area contributed by atoms with Crippen molar-refractivity contribution >= 4 is 23.7 Å². The molecule has 2 rings (SSSR count). The number of amides is 3. The Bertz CT molecular complexity index is 593. The molecule has 0 aromatic rings. The Balaban J connectivity index is 1.88. The van der Waals surface area contributed by atoms with Crippen LogP contribution in [0.4, 0.5) is 0 Å². The van der Waals surface area contributed by atoms with Crippen LogP contribution in [0, 0.1) is 11.8 Å². The maximum absolute atomic E-state index is 12.8. The summed E-state index contributed by atoms with van der Waals surface area (Å²) in [5.74, 6) is -2.41. The van der Waals surface area contributed by atoms with Crippen molar-refractivity contribution in [1.82, 2.24) is 20.7 Å². The van der Waals surface area contributed by atoms with Crippen molar-refractivity contribution < 1.29 is 29.4 Å². The number of carboxylic acid groups (broad SMARTS) is 1. The van der Waals surface area contributed by atoms with E-state index in [0.717, 1.165) is 32.4 Å². The molecule has 10 heteroatoms. The number of piperidine rings is 2. The quantitative estimate of drug-likeness (QED) is 0.366. The van der Waals surface area contributed by atoms with Gasteiger partial charge >= 0.3 is 5.97 Å². The SMILES string of the molecule is O=C(O)CCNN(C(=O)CO)C(=O)[C@@H]1CCCN(C(=O)CCC2CCNCC2)C1. The normalized spacial score (nSPS) is 20.3. The number of aliphatic hydroxyl groups is 1. The number of carbonyl (C=O) groups is 4. The second-order valence-corrected chi connectivity index (χ2v) is 7.69. The third-order valence-corrected chi connectivity index (χ3v) is 5.56. The predicted molar refractivity (Wildman–Crippen MR) is 103 cm³/mol. The van der Waals surface area contributed by atoms with Gasteiger partial charge in [0.05, 0.1) is 12.3 Å². The lowest BCUT2D eigenvalue weighted by molar-refractivity contribution is -0.155. The lowest BCUT2D eigenvalue weighted by Gasteiger charge is -2.34. The molecule has 0 aliphatic carbocycles. The Morgan fingerprint density at radius 2 is 1.83 bits per heavy atom. The van der Waals surface area contributed by atoms with E-state index in [1.165, 1.54) is 0 Å². The number of rotatable bonds is 9. The van der Waals surface area contributed by atoms with Crippen LogP contribution in [0.25, 0.3) is 0 Å². The number of aliphatic carboxylic acids is 1. The molecule has 0 unspecified atom stereocenters. The maximum atomic E-state index is 12.8. The summed E-state index contributed by atoms with van der Waals surface area (Å²) in [6.45, 7) is 1.83. The highest BCUT2D eigenvalue weighted by Crippen LogP contribution is 2.22. The first-order valence-electron chi connectivity index (χ1n) is 10.3. The fourth-order valence-electron chi connectivity index (χ4n) is 3.88. The zero-order chi connectivity index (χ0) is 21.2. The Labute approximate surface area is 170 Å². The number of hydrogen-bond acceptors (Lipinski definition) is 7. The highest BCUT2D eigenvalue weighted by Gasteiger charge is 2.33. The third kappa shape index (κ3) is 7.37. The summed E-state index contributed by atoms with van der Waals surface area (Å²) in [6.07, 6.45) is 4.39. The van der Waals surface area contributed by atoms with Crippen LogP contribution in [0.5, 0.6) is 0 Å². The van der Waals surface area contributed by atoms with Gasteiger partial charge in [0.2, 0.25) is 11.8 Å². The van der Waals surface area contributed by atoms with E-state index < -0.39 is 30.3 Å². The number of imide groups is 1. The number of likely N-dealkylation sites (tertiary alicyclic amines) is 1. The number of hydrazine groups is 1. The molecule has 0 spiro atoms. The molecule has 0 radical (unpaired) electrons. The number of carboxylic acids is 1. The molecule has 29 heavy (non-hydrogen) atoms.